The van der Waals surface area contributed by atoms with Crippen LogP contribution in [0.1, 0.15) is 13.8 Å². The lowest BCUT2D eigenvalue weighted by molar-refractivity contribution is -0.000147. The van der Waals surface area contributed by atoms with E-state index in [0.717, 1.165) is 4.57 Å². The Morgan fingerprint density at radius 2 is 1.88 bits per heavy atom. The molecule has 12 nitrogen and oxygen atoms in total. The van der Waals surface area contributed by atoms with Gasteiger partial charge in [0, 0.05) is 19.5 Å². The van der Waals surface area contributed by atoms with Crippen LogP contribution in [0.15, 0.2) is 44.1 Å². The molecule has 0 aliphatic heterocycles. The average molecular weight is 455 g/mol. The number of hydrogen-bond acceptors (Lipinski definition) is 8. The quantitative estimate of drug-likeness (QED) is 0.362. The number of aromatic hydroxyl groups is 1. The van der Waals surface area contributed by atoms with E-state index in [-0.39, 0.29) is 47.9 Å². The fourth-order valence-corrected chi connectivity index (χ4v) is 3.56. The molecule has 3 N–H and O–H groups in total. The molecular formula is C21H25N7O5. The molecule has 0 unspecified atom stereocenters. The van der Waals surface area contributed by atoms with Crippen molar-refractivity contribution < 1.29 is 14.9 Å². The SMILES string of the molecule is CC(C)OC[C@H](O)Cn1c(N=Nc2c(O)[nH]c3ccccc23)nc2c1c(=O)n(C)c(=O)n2C. The molecule has 1 aromatic carbocycles. The predicted molar refractivity (Wildman–Crippen MR) is 121 cm³/mol. The number of fused-ring (bicyclic) bond motifs is 2. The Kier molecular flexibility index (Phi) is 5.87. The second kappa shape index (κ2) is 8.64. The third kappa shape index (κ3) is 4.05. The van der Waals surface area contributed by atoms with Gasteiger partial charge in [0.1, 0.15) is 0 Å². The highest BCUT2D eigenvalue weighted by Crippen LogP contribution is 2.36. The van der Waals surface area contributed by atoms with Gasteiger partial charge in [0.05, 0.1) is 30.9 Å². The van der Waals surface area contributed by atoms with Crippen molar-refractivity contribution >= 4 is 33.7 Å². The molecule has 0 saturated carbocycles. The molecule has 0 bridgehead atoms. The summed E-state index contributed by atoms with van der Waals surface area (Å²) in [4.78, 5) is 32.4. The highest BCUT2D eigenvalue weighted by Gasteiger charge is 2.22. The molecule has 174 valence electrons. The summed E-state index contributed by atoms with van der Waals surface area (Å²) in [7, 11) is 2.86. The van der Waals surface area contributed by atoms with Gasteiger partial charge < -0.3 is 19.9 Å². The molecule has 0 aliphatic rings. The first-order chi connectivity index (χ1) is 15.7. The van der Waals surface area contributed by atoms with E-state index in [1.807, 2.05) is 19.9 Å². The van der Waals surface area contributed by atoms with Crippen LogP contribution in [0, 0.1) is 0 Å². The third-order valence-electron chi connectivity index (χ3n) is 5.24. The van der Waals surface area contributed by atoms with Gasteiger partial charge in [0.2, 0.25) is 5.88 Å². The molecule has 0 fully saturated rings. The second-order valence-electron chi connectivity index (χ2n) is 8.00. The van der Waals surface area contributed by atoms with Crippen LogP contribution in [0.3, 0.4) is 0 Å². The van der Waals surface area contributed by atoms with Crippen molar-refractivity contribution in [2.75, 3.05) is 6.61 Å². The number of para-hydroxylation sites is 1. The Hall–Kier alpha value is -3.77. The van der Waals surface area contributed by atoms with Crippen LogP contribution in [0.25, 0.3) is 22.1 Å². The maximum atomic E-state index is 12.9. The molecule has 1 atom stereocenters. The van der Waals surface area contributed by atoms with Crippen LogP contribution >= 0.6 is 0 Å². The molecule has 0 amide bonds. The number of H-pyrrole nitrogens is 1. The van der Waals surface area contributed by atoms with Gasteiger partial charge >= 0.3 is 5.69 Å². The molecule has 0 aliphatic carbocycles. The normalized spacial score (nSPS) is 13.2. The summed E-state index contributed by atoms with van der Waals surface area (Å²) in [6.07, 6.45) is -1.06. The van der Waals surface area contributed by atoms with Crippen LogP contribution in [-0.2, 0) is 25.4 Å². The highest BCUT2D eigenvalue weighted by molar-refractivity contribution is 5.94. The van der Waals surface area contributed by atoms with Gasteiger partial charge in [0.15, 0.2) is 16.9 Å². The third-order valence-corrected chi connectivity index (χ3v) is 5.24. The summed E-state index contributed by atoms with van der Waals surface area (Å²) in [6, 6.07) is 7.17. The summed E-state index contributed by atoms with van der Waals surface area (Å²) in [5.74, 6) is -0.173. The fraction of sp³-hybridized carbons (Fsp3) is 0.381. The van der Waals surface area contributed by atoms with Gasteiger partial charge in [-0.15, -0.1) is 10.2 Å². The second-order valence-corrected chi connectivity index (χ2v) is 8.00. The summed E-state index contributed by atoms with van der Waals surface area (Å²) in [5.41, 5.74) is -0.0327. The van der Waals surface area contributed by atoms with Gasteiger partial charge in [-0.05, 0) is 19.9 Å². The number of aliphatic hydroxyl groups excluding tert-OH is 1. The van der Waals surface area contributed by atoms with Crippen LogP contribution in [0.2, 0.25) is 0 Å². The number of ether oxygens (including phenoxy) is 1. The van der Waals surface area contributed by atoms with Crippen LogP contribution < -0.4 is 11.2 Å². The Morgan fingerprint density at radius 1 is 1.15 bits per heavy atom. The summed E-state index contributed by atoms with van der Waals surface area (Å²) in [5, 5.41) is 29.7. The molecule has 0 saturated heterocycles. The van der Waals surface area contributed by atoms with Crippen molar-refractivity contribution in [1.82, 2.24) is 23.7 Å². The molecule has 3 aromatic heterocycles. The molecule has 3 heterocycles. The minimum atomic E-state index is -0.970. The predicted octanol–water partition coefficient (Wildman–Crippen LogP) is 1.82. The zero-order valence-corrected chi connectivity index (χ0v) is 18.7. The van der Waals surface area contributed by atoms with Crippen LogP contribution in [-0.4, -0.2) is 52.7 Å². The number of aromatic amines is 1. The Balaban J connectivity index is 1.86. The lowest BCUT2D eigenvalue weighted by Gasteiger charge is -2.15. The van der Waals surface area contributed by atoms with Crippen LogP contribution in [0.5, 0.6) is 5.88 Å². The summed E-state index contributed by atoms with van der Waals surface area (Å²) < 4.78 is 9.06. The number of imidazole rings is 1. The van der Waals surface area contributed by atoms with Gasteiger partial charge in [-0.1, -0.05) is 18.2 Å². The maximum Gasteiger partial charge on any atom is 0.332 e. The van der Waals surface area contributed by atoms with Crippen molar-refractivity contribution in [3.8, 4) is 5.88 Å². The number of nitrogens with zero attached hydrogens (tertiary/aromatic N) is 6. The maximum absolute atomic E-state index is 12.9. The Bertz CT molecular complexity index is 1470. The highest BCUT2D eigenvalue weighted by atomic mass is 16.5. The van der Waals surface area contributed by atoms with E-state index in [1.165, 1.54) is 23.2 Å². The van der Waals surface area contributed by atoms with Gasteiger partial charge in [-0.3, -0.25) is 18.5 Å². The molecule has 33 heavy (non-hydrogen) atoms. The van der Waals surface area contributed by atoms with Gasteiger partial charge in [-0.25, -0.2) is 4.79 Å². The Labute approximate surface area is 187 Å². The number of azo groups is 1. The topological polar surface area (TPSA) is 152 Å². The first kappa shape index (κ1) is 22.4. The molecule has 0 spiro atoms. The van der Waals surface area contributed by atoms with E-state index in [2.05, 4.69) is 20.2 Å². The van der Waals surface area contributed by atoms with E-state index >= 15 is 0 Å². The van der Waals surface area contributed by atoms with E-state index in [9.17, 15) is 19.8 Å². The van der Waals surface area contributed by atoms with Crippen molar-refractivity contribution in [3.05, 3.63) is 45.1 Å². The number of aryl methyl sites for hydroxylation is 1. The molecule has 0 radical (unpaired) electrons. The van der Waals surface area contributed by atoms with Gasteiger partial charge in [0.25, 0.3) is 11.5 Å². The standard InChI is InChI=1S/C21H25N7O5/c1-11(2)33-10-12(29)9-28-16-17(26(3)21(32)27(4)19(16)31)23-20(28)25-24-15-13-7-5-6-8-14(13)22-18(15)30/h5-8,11-12,22,29-30H,9-10H2,1-4H3/t12-/m1/s1. The van der Waals surface area contributed by atoms with E-state index in [4.69, 9.17) is 4.74 Å². The summed E-state index contributed by atoms with van der Waals surface area (Å²) >= 11 is 0. The largest absolute Gasteiger partial charge is 0.493 e. The fourth-order valence-electron chi connectivity index (χ4n) is 3.56. The van der Waals surface area contributed by atoms with Crippen molar-refractivity contribution in [1.29, 1.82) is 0 Å². The number of rotatable bonds is 7. The summed E-state index contributed by atoms with van der Waals surface area (Å²) in [6.45, 7) is 3.66. The minimum Gasteiger partial charge on any atom is -0.493 e. The smallest absolute Gasteiger partial charge is 0.332 e. The number of nitrogens with one attached hydrogen (secondary N) is 1. The Morgan fingerprint density at radius 3 is 2.61 bits per heavy atom. The van der Waals surface area contributed by atoms with Crippen molar-refractivity contribution in [3.63, 3.8) is 0 Å². The van der Waals surface area contributed by atoms with Crippen molar-refractivity contribution in [2.24, 2.45) is 24.3 Å². The van der Waals surface area contributed by atoms with Crippen molar-refractivity contribution in [2.45, 2.75) is 32.6 Å². The van der Waals surface area contributed by atoms with Gasteiger partial charge in [-0.2, -0.15) is 4.98 Å². The first-order valence-corrected chi connectivity index (χ1v) is 10.4. The van der Waals surface area contributed by atoms with E-state index < -0.39 is 17.4 Å². The molecule has 4 rings (SSSR count). The zero-order chi connectivity index (χ0) is 23.9. The number of aliphatic hydroxyl groups is 1. The zero-order valence-electron chi connectivity index (χ0n) is 18.7. The molecule has 12 heteroatoms. The van der Waals surface area contributed by atoms with E-state index in [0.29, 0.717) is 10.9 Å². The monoisotopic (exact) mass is 455 g/mol. The average Bonchev–Trinajstić information content (AvgIpc) is 3.30. The lowest BCUT2D eigenvalue weighted by Crippen LogP contribution is -2.38. The van der Waals surface area contributed by atoms with Crippen LogP contribution in [0.4, 0.5) is 11.6 Å². The minimum absolute atomic E-state index is 0.00317. The number of benzene rings is 1. The first-order valence-electron chi connectivity index (χ1n) is 10.4. The van der Waals surface area contributed by atoms with E-state index in [1.54, 1.807) is 18.2 Å². The lowest BCUT2D eigenvalue weighted by atomic mass is 10.2. The molecular weight excluding hydrogens is 430 g/mol. The molecule has 4 aromatic rings. The number of hydrogen-bond donors (Lipinski definition) is 3. The number of aromatic nitrogens is 5.